The van der Waals surface area contributed by atoms with Crippen molar-refractivity contribution in [1.82, 2.24) is 5.32 Å². The summed E-state index contributed by atoms with van der Waals surface area (Å²) in [6, 6.07) is 35.5. The van der Waals surface area contributed by atoms with Gasteiger partial charge in [-0.05, 0) is 29.2 Å². The number of para-hydroxylation sites is 2. The van der Waals surface area contributed by atoms with Gasteiger partial charge in [0.25, 0.3) is 11.8 Å². The van der Waals surface area contributed by atoms with Crippen molar-refractivity contribution in [3.8, 4) is 0 Å². The summed E-state index contributed by atoms with van der Waals surface area (Å²) in [5.41, 5.74) is 2.08. The largest absolute Gasteiger partial charge is 0.339 e. The number of ether oxygens (including phenoxy) is 1. The molecule has 1 saturated heterocycles. The maximum Gasteiger partial charge on any atom is 0.267 e. The second-order valence-corrected chi connectivity index (χ2v) is 11.1. The van der Waals surface area contributed by atoms with Gasteiger partial charge in [0, 0.05) is 16.8 Å². The van der Waals surface area contributed by atoms with E-state index in [-0.39, 0.29) is 17.7 Å². The van der Waals surface area contributed by atoms with Crippen LogP contribution in [0.2, 0.25) is 0 Å². The van der Waals surface area contributed by atoms with Gasteiger partial charge in [-0.3, -0.25) is 14.9 Å². The van der Waals surface area contributed by atoms with E-state index < -0.39 is 17.4 Å². The number of benzene rings is 4. The van der Waals surface area contributed by atoms with Gasteiger partial charge >= 0.3 is 0 Å². The number of nitrogens with zero attached hydrogens (tertiary/aromatic N) is 2. The molecule has 6 nitrogen and oxygen atoms in total. The minimum atomic E-state index is -1.56. The Hall–Kier alpha value is -4.26. The van der Waals surface area contributed by atoms with E-state index in [1.54, 1.807) is 9.80 Å². The lowest BCUT2D eigenvalue weighted by molar-refractivity contribution is -0.155. The summed E-state index contributed by atoms with van der Waals surface area (Å²) in [7, 11) is 0. The lowest BCUT2D eigenvalue weighted by Gasteiger charge is -2.36. The second kappa shape index (κ2) is 9.15. The highest BCUT2D eigenvalue weighted by molar-refractivity contribution is 6.18. The minimum Gasteiger partial charge on any atom is -0.339 e. The average Bonchev–Trinajstić information content (AvgIpc) is 3.56. The minimum absolute atomic E-state index is 0.0162. The highest BCUT2D eigenvalue weighted by Gasteiger charge is 2.76. The molecule has 200 valence electrons. The van der Waals surface area contributed by atoms with Gasteiger partial charge in [0.1, 0.15) is 6.23 Å². The molecular formula is C34H31N3O3. The molecule has 40 heavy (non-hydrogen) atoms. The summed E-state index contributed by atoms with van der Waals surface area (Å²) in [5, 5.41) is 3.62. The van der Waals surface area contributed by atoms with E-state index in [2.05, 4.69) is 5.32 Å². The van der Waals surface area contributed by atoms with E-state index in [0.29, 0.717) is 13.1 Å². The number of carbonyl (C=O) groups excluding carboxylic acids is 2. The Kier molecular flexibility index (Phi) is 5.66. The van der Waals surface area contributed by atoms with E-state index in [1.165, 1.54) is 0 Å². The summed E-state index contributed by atoms with van der Waals surface area (Å²) in [6.45, 7) is 4.87. The molecule has 4 aromatic carbocycles. The van der Waals surface area contributed by atoms with Gasteiger partial charge in [0.05, 0.1) is 18.8 Å². The molecule has 3 aliphatic heterocycles. The van der Waals surface area contributed by atoms with Crippen molar-refractivity contribution in [2.24, 2.45) is 5.92 Å². The van der Waals surface area contributed by atoms with E-state index in [9.17, 15) is 9.59 Å². The van der Waals surface area contributed by atoms with Crippen LogP contribution in [0.15, 0.2) is 109 Å². The Morgan fingerprint density at radius 3 is 1.73 bits per heavy atom. The van der Waals surface area contributed by atoms with Gasteiger partial charge in [-0.15, -0.1) is 0 Å². The van der Waals surface area contributed by atoms with Gasteiger partial charge < -0.3 is 14.5 Å². The van der Waals surface area contributed by atoms with Gasteiger partial charge in [-0.2, -0.15) is 0 Å². The summed E-state index contributed by atoms with van der Waals surface area (Å²) in [6.07, 6.45) is -0.512. The highest BCUT2D eigenvalue weighted by Crippen LogP contribution is 2.61. The maximum atomic E-state index is 15.0. The fraction of sp³-hybridized carbons (Fsp3) is 0.235. The lowest BCUT2D eigenvalue weighted by atomic mass is 9.72. The summed E-state index contributed by atoms with van der Waals surface area (Å²) >= 11 is 0. The number of fused-ring (bicyclic) bond motifs is 5. The summed E-state index contributed by atoms with van der Waals surface area (Å²) in [5.74, 6) is -0.383. The number of hydrogen-bond acceptors (Lipinski definition) is 4. The van der Waals surface area contributed by atoms with Crippen LogP contribution in [-0.4, -0.2) is 18.0 Å². The molecule has 0 unspecified atom stereocenters. The number of rotatable bonds is 5. The third-order valence-electron chi connectivity index (χ3n) is 8.45. The Labute approximate surface area is 234 Å². The second-order valence-electron chi connectivity index (χ2n) is 11.1. The van der Waals surface area contributed by atoms with Crippen molar-refractivity contribution < 1.29 is 14.3 Å². The Morgan fingerprint density at radius 1 is 0.675 bits per heavy atom. The first-order chi connectivity index (χ1) is 19.5. The van der Waals surface area contributed by atoms with E-state index in [1.807, 2.05) is 123 Å². The monoisotopic (exact) mass is 529 g/mol. The van der Waals surface area contributed by atoms with Crippen LogP contribution in [-0.2, 0) is 38.6 Å². The van der Waals surface area contributed by atoms with Gasteiger partial charge in [0.15, 0.2) is 5.54 Å². The van der Waals surface area contributed by atoms with Crippen molar-refractivity contribution in [3.05, 3.63) is 131 Å². The van der Waals surface area contributed by atoms with Crippen LogP contribution in [0.4, 0.5) is 11.4 Å². The molecule has 0 aliphatic carbocycles. The molecule has 0 aromatic heterocycles. The van der Waals surface area contributed by atoms with Crippen LogP contribution in [0.3, 0.4) is 0 Å². The van der Waals surface area contributed by atoms with Crippen LogP contribution in [0.5, 0.6) is 0 Å². The van der Waals surface area contributed by atoms with Crippen molar-refractivity contribution in [3.63, 3.8) is 0 Å². The zero-order valence-electron chi connectivity index (χ0n) is 22.6. The van der Waals surface area contributed by atoms with Gasteiger partial charge in [-0.1, -0.05) is 111 Å². The van der Waals surface area contributed by atoms with Crippen molar-refractivity contribution >= 4 is 23.2 Å². The van der Waals surface area contributed by atoms with Crippen LogP contribution in [0.1, 0.15) is 36.1 Å². The molecule has 4 aromatic rings. The number of carbonyl (C=O) groups is 2. The molecule has 0 saturated carbocycles. The highest BCUT2D eigenvalue weighted by atomic mass is 16.5. The number of anilines is 2. The van der Waals surface area contributed by atoms with Crippen LogP contribution in [0, 0.1) is 5.92 Å². The van der Waals surface area contributed by atoms with E-state index >= 15 is 0 Å². The maximum absolute atomic E-state index is 15.0. The van der Waals surface area contributed by atoms with Crippen molar-refractivity contribution in [2.75, 3.05) is 9.80 Å². The third kappa shape index (κ3) is 3.30. The molecule has 3 aliphatic rings. The van der Waals surface area contributed by atoms with E-state index in [0.717, 1.165) is 33.6 Å². The van der Waals surface area contributed by atoms with Crippen LogP contribution in [0.25, 0.3) is 0 Å². The first-order valence-corrected chi connectivity index (χ1v) is 13.8. The molecule has 7 rings (SSSR count). The lowest BCUT2D eigenvalue weighted by Crippen LogP contribution is -2.62. The number of nitrogens with one attached hydrogen (secondary N) is 1. The van der Waals surface area contributed by atoms with Crippen LogP contribution >= 0.6 is 0 Å². The molecule has 1 fully saturated rings. The SMILES string of the molecule is CC(C)[C@@H]1N[C@@]2(C(=O)N(Cc3ccccc3)c3ccccc32)[C@@]2(O1)C(=O)N(Cc1ccccc1)c1ccccc12. The smallest absolute Gasteiger partial charge is 0.267 e. The fourth-order valence-corrected chi connectivity index (χ4v) is 6.60. The Bertz CT molecular complexity index is 1490. The van der Waals surface area contributed by atoms with Gasteiger partial charge in [0.2, 0.25) is 5.60 Å². The van der Waals surface area contributed by atoms with Gasteiger partial charge in [-0.25, -0.2) is 0 Å². The van der Waals surface area contributed by atoms with Crippen molar-refractivity contribution in [2.45, 2.75) is 44.3 Å². The standard InChI is InChI=1S/C34H31N3O3/c1-23(2)30-35-33(26-17-9-11-19-28(26)36(31(33)38)21-24-13-5-3-6-14-24)34(40-30)27-18-10-12-20-29(27)37(32(34)39)22-25-15-7-4-8-16-25/h3-20,23,30,35H,21-22H2,1-2H3/t30-,33+,34+/m1/s1. The molecule has 1 N–H and O–H groups in total. The molecule has 6 heteroatoms. The average molecular weight is 530 g/mol. The molecule has 3 atom stereocenters. The quantitative estimate of drug-likeness (QED) is 0.372. The molecule has 3 heterocycles. The Balaban J connectivity index is 1.44. The fourth-order valence-electron chi connectivity index (χ4n) is 6.60. The zero-order valence-corrected chi connectivity index (χ0v) is 22.6. The van der Waals surface area contributed by atoms with E-state index in [4.69, 9.17) is 4.74 Å². The normalized spacial score (nSPS) is 24.9. The predicted molar refractivity (Wildman–Crippen MR) is 154 cm³/mol. The number of amides is 2. The predicted octanol–water partition coefficient (Wildman–Crippen LogP) is 5.47. The topological polar surface area (TPSA) is 61.9 Å². The number of hydrogen-bond donors (Lipinski definition) is 1. The van der Waals surface area contributed by atoms with Crippen LogP contribution < -0.4 is 15.1 Å². The molecule has 2 spiro atoms. The summed E-state index contributed by atoms with van der Waals surface area (Å²) < 4.78 is 6.89. The molecule has 0 bridgehead atoms. The zero-order chi connectivity index (χ0) is 27.5. The first-order valence-electron chi connectivity index (χ1n) is 13.8. The first kappa shape index (κ1) is 24.8. The molecule has 0 radical (unpaired) electrons. The molecule has 2 amide bonds. The Morgan fingerprint density at radius 2 is 1.15 bits per heavy atom. The third-order valence-corrected chi connectivity index (χ3v) is 8.45. The van der Waals surface area contributed by atoms with Crippen molar-refractivity contribution in [1.29, 1.82) is 0 Å². The molecular weight excluding hydrogens is 498 g/mol. The summed E-state index contributed by atoms with van der Waals surface area (Å²) in [4.78, 5) is 33.5.